The van der Waals surface area contributed by atoms with Gasteiger partial charge in [-0.1, -0.05) is 109 Å². The third kappa shape index (κ3) is 2.87. The van der Waals surface area contributed by atoms with Crippen LogP contribution in [0.3, 0.4) is 0 Å². The van der Waals surface area contributed by atoms with Crippen molar-refractivity contribution in [3.8, 4) is 33.4 Å². The Kier molecular flexibility index (Phi) is 2.90. The van der Waals surface area contributed by atoms with E-state index in [4.69, 9.17) is 5.48 Å². The first-order chi connectivity index (χ1) is 13.6. The quantitative estimate of drug-likeness (QED) is 0.395. The van der Waals surface area contributed by atoms with Gasteiger partial charge in [0.25, 0.3) is 0 Å². The average molecular weight is 310 g/mol. The summed E-state index contributed by atoms with van der Waals surface area (Å²) in [6, 6.07) is 27.2. The second-order valence-electron chi connectivity index (χ2n) is 5.55. The minimum absolute atomic E-state index is 0.0153. The lowest BCUT2D eigenvalue weighted by Crippen LogP contribution is -1.85. The maximum atomic E-state index is 8.14. The van der Waals surface area contributed by atoms with E-state index in [2.05, 4.69) is 24.3 Å². The minimum atomic E-state index is -0.0329. The predicted molar refractivity (Wildman–Crippen MR) is 103 cm³/mol. The van der Waals surface area contributed by atoms with E-state index >= 15 is 0 Å². The highest BCUT2D eigenvalue weighted by Crippen LogP contribution is 2.33. The van der Waals surface area contributed by atoms with E-state index in [1.165, 1.54) is 6.07 Å². The minimum Gasteiger partial charge on any atom is -0.0622 e. The van der Waals surface area contributed by atoms with Crippen LogP contribution in [-0.2, 0) is 0 Å². The van der Waals surface area contributed by atoms with Gasteiger partial charge < -0.3 is 0 Å². The molecule has 4 aromatic carbocycles. The smallest absolute Gasteiger partial charge is 0.0622 e. The molecule has 0 N–H and O–H groups in total. The van der Waals surface area contributed by atoms with Gasteiger partial charge in [0.1, 0.15) is 0 Å². The zero-order valence-electron chi connectivity index (χ0n) is 17.1. The average Bonchev–Trinajstić information content (AvgIpc) is 2.74. The van der Waals surface area contributed by atoms with Crippen LogP contribution in [0, 0.1) is 0 Å². The SMILES string of the molecule is [2H]c1cc([2H])c([2H])c(-c2ccc(-c3ccccc3-c3ccccc3)cc2)c1[2H]. The van der Waals surface area contributed by atoms with Crippen LogP contribution in [0.15, 0.2) is 109 Å². The van der Waals surface area contributed by atoms with E-state index in [0.717, 1.165) is 22.3 Å². The van der Waals surface area contributed by atoms with Crippen molar-refractivity contribution in [3.63, 3.8) is 0 Å². The Balaban J connectivity index is 1.80. The standard InChI is InChI=1S/C24H18/c1-3-9-19(10-4-1)20-15-17-22(18-16-20)24-14-8-7-13-23(24)21-11-5-2-6-12-21/h1-18H/i3D,4D,9D,10D. The first-order valence-electron chi connectivity index (χ1n) is 9.89. The van der Waals surface area contributed by atoms with E-state index in [9.17, 15) is 0 Å². The Morgan fingerprint density at radius 1 is 0.417 bits per heavy atom. The molecule has 4 rings (SSSR count). The number of hydrogen-bond donors (Lipinski definition) is 0. The van der Waals surface area contributed by atoms with Crippen LogP contribution >= 0.6 is 0 Å². The van der Waals surface area contributed by atoms with Crippen molar-refractivity contribution in [2.45, 2.75) is 0 Å². The Bertz CT molecular complexity index is 1110. The summed E-state index contributed by atoms with van der Waals surface area (Å²) in [6.07, 6.45) is 0. The number of hydrogen-bond acceptors (Lipinski definition) is 0. The van der Waals surface area contributed by atoms with Crippen LogP contribution in [-0.4, -0.2) is 0 Å². The highest BCUT2D eigenvalue weighted by molar-refractivity contribution is 5.84. The van der Waals surface area contributed by atoms with E-state index in [0.29, 0.717) is 11.1 Å². The molecule has 0 aliphatic heterocycles. The van der Waals surface area contributed by atoms with E-state index < -0.39 is 0 Å². The third-order valence-corrected chi connectivity index (χ3v) is 4.04. The van der Waals surface area contributed by atoms with Gasteiger partial charge in [0.2, 0.25) is 0 Å². The Hall–Kier alpha value is -3.12. The van der Waals surface area contributed by atoms with E-state index in [1.54, 1.807) is 0 Å². The van der Waals surface area contributed by atoms with Crippen LogP contribution in [0.4, 0.5) is 0 Å². The summed E-state index contributed by atoms with van der Waals surface area (Å²) in [5.41, 5.74) is 5.44. The van der Waals surface area contributed by atoms with Gasteiger partial charge in [0.05, 0.1) is 5.48 Å². The van der Waals surface area contributed by atoms with Gasteiger partial charge in [0.15, 0.2) is 0 Å². The van der Waals surface area contributed by atoms with Crippen molar-refractivity contribution < 1.29 is 5.48 Å². The molecule has 0 aliphatic rings. The van der Waals surface area contributed by atoms with Crippen molar-refractivity contribution in [2.75, 3.05) is 0 Å². The highest BCUT2D eigenvalue weighted by atomic mass is 14.1. The van der Waals surface area contributed by atoms with Gasteiger partial charge in [0, 0.05) is 0 Å². The molecule has 0 nitrogen and oxygen atoms in total. The largest absolute Gasteiger partial charge is 0.0629 e. The molecule has 114 valence electrons. The molecule has 0 fully saturated rings. The molecule has 0 heteroatoms. The molecule has 0 aromatic heterocycles. The maximum Gasteiger partial charge on any atom is 0.0629 e. The third-order valence-electron chi connectivity index (χ3n) is 4.04. The maximum absolute atomic E-state index is 8.14. The molecule has 0 saturated carbocycles. The molecule has 0 unspecified atom stereocenters. The second kappa shape index (κ2) is 6.55. The fourth-order valence-electron chi connectivity index (χ4n) is 2.85. The summed E-state index contributed by atoms with van der Waals surface area (Å²) >= 11 is 0. The summed E-state index contributed by atoms with van der Waals surface area (Å²) in [5.74, 6) is 0. The second-order valence-corrected chi connectivity index (χ2v) is 5.55. The molecule has 0 bridgehead atoms. The number of benzene rings is 4. The zero-order valence-corrected chi connectivity index (χ0v) is 13.1. The normalized spacial score (nSPS) is 12.8. The molecule has 0 spiro atoms. The molecule has 0 amide bonds. The van der Waals surface area contributed by atoms with Crippen LogP contribution in [0.2, 0.25) is 0 Å². The lowest BCUT2D eigenvalue weighted by atomic mass is 9.93. The van der Waals surface area contributed by atoms with Gasteiger partial charge in [-0.3, -0.25) is 0 Å². The zero-order chi connectivity index (χ0) is 19.7. The van der Waals surface area contributed by atoms with Crippen LogP contribution in [0.25, 0.3) is 33.4 Å². The molecular formula is C24H18. The van der Waals surface area contributed by atoms with Crippen molar-refractivity contribution in [1.29, 1.82) is 0 Å². The van der Waals surface area contributed by atoms with Gasteiger partial charge in [-0.15, -0.1) is 0 Å². The molecular weight excluding hydrogens is 288 g/mol. The predicted octanol–water partition coefficient (Wildman–Crippen LogP) is 6.69. The summed E-state index contributed by atoms with van der Waals surface area (Å²) < 4.78 is 32.0. The first kappa shape index (κ1) is 10.6. The summed E-state index contributed by atoms with van der Waals surface area (Å²) in [6.45, 7) is 0. The Labute approximate surface area is 148 Å². The lowest BCUT2D eigenvalue weighted by Gasteiger charge is -2.11. The van der Waals surface area contributed by atoms with Crippen molar-refractivity contribution in [2.24, 2.45) is 0 Å². The van der Waals surface area contributed by atoms with Gasteiger partial charge >= 0.3 is 0 Å². The van der Waals surface area contributed by atoms with Gasteiger partial charge in [-0.05, 0) is 33.4 Å². The molecule has 4 aromatic rings. The highest BCUT2D eigenvalue weighted by Gasteiger charge is 2.06. The van der Waals surface area contributed by atoms with E-state index in [-0.39, 0.29) is 24.2 Å². The van der Waals surface area contributed by atoms with Crippen LogP contribution in [0.1, 0.15) is 5.48 Å². The Morgan fingerprint density at radius 3 is 1.54 bits per heavy atom. The molecule has 0 atom stereocenters. The van der Waals surface area contributed by atoms with Crippen molar-refractivity contribution >= 4 is 0 Å². The van der Waals surface area contributed by atoms with E-state index in [1.807, 2.05) is 54.6 Å². The summed E-state index contributed by atoms with van der Waals surface area (Å²) in [7, 11) is 0. The molecule has 0 saturated heterocycles. The van der Waals surface area contributed by atoms with Crippen molar-refractivity contribution in [3.05, 3.63) is 109 Å². The molecule has 24 heavy (non-hydrogen) atoms. The monoisotopic (exact) mass is 310 g/mol. The summed E-state index contributed by atoms with van der Waals surface area (Å²) in [4.78, 5) is 0. The van der Waals surface area contributed by atoms with Crippen molar-refractivity contribution in [1.82, 2.24) is 0 Å². The van der Waals surface area contributed by atoms with Gasteiger partial charge in [-0.2, -0.15) is 0 Å². The topological polar surface area (TPSA) is 0 Å². The molecule has 0 aliphatic carbocycles. The van der Waals surface area contributed by atoms with Crippen LogP contribution < -0.4 is 0 Å². The van der Waals surface area contributed by atoms with Crippen LogP contribution in [0.5, 0.6) is 0 Å². The lowest BCUT2D eigenvalue weighted by molar-refractivity contribution is 1.57. The fourth-order valence-corrected chi connectivity index (χ4v) is 2.85. The van der Waals surface area contributed by atoms with Gasteiger partial charge in [-0.25, -0.2) is 0 Å². The molecule has 0 radical (unpaired) electrons. The molecule has 0 heterocycles. The first-order valence-corrected chi connectivity index (χ1v) is 7.89. The summed E-state index contributed by atoms with van der Waals surface area (Å²) in [5, 5.41) is 0. The fraction of sp³-hybridized carbons (Fsp3) is 0. The number of rotatable bonds is 3. The Morgan fingerprint density at radius 2 is 0.917 bits per heavy atom.